The number of carbonyl (C=O) groups is 2. The van der Waals surface area contributed by atoms with Crippen LogP contribution in [0.1, 0.15) is 13.3 Å². The van der Waals surface area contributed by atoms with Gasteiger partial charge < -0.3 is 9.47 Å². The molecular formula is C9H13NO4. The Morgan fingerprint density at radius 1 is 1.29 bits per heavy atom. The number of carbonyl (C=O) groups excluding carboxylic acids is 2. The zero-order valence-electron chi connectivity index (χ0n) is 8.12. The lowest BCUT2D eigenvalue weighted by Crippen LogP contribution is -2.55. The lowest BCUT2D eigenvalue weighted by Gasteiger charge is -2.37. The van der Waals surface area contributed by atoms with Crippen LogP contribution >= 0.6 is 0 Å². The van der Waals surface area contributed by atoms with Crippen LogP contribution in [0.3, 0.4) is 0 Å². The molecule has 2 saturated heterocycles. The van der Waals surface area contributed by atoms with Gasteiger partial charge in [0.2, 0.25) is 0 Å². The second-order valence-electron chi connectivity index (χ2n) is 4.00. The van der Waals surface area contributed by atoms with Gasteiger partial charge >= 0.3 is 11.9 Å². The van der Waals surface area contributed by atoms with Crippen LogP contribution in [0.5, 0.6) is 0 Å². The highest BCUT2D eigenvalue weighted by atomic mass is 16.6. The zero-order chi connectivity index (χ0) is 10.2. The number of morpholine rings is 1. The topological polar surface area (TPSA) is 55.8 Å². The molecule has 5 nitrogen and oxygen atoms in total. The Hall–Kier alpha value is -0.940. The van der Waals surface area contributed by atoms with E-state index < -0.39 is 11.9 Å². The van der Waals surface area contributed by atoms with Gasteiger partial charge in [-0.2, -0.15) is 0 Å². The second-order valence-corrected chi connectivity index (χ2v) is 4.00. The van der Waals surface area contributed by atoms with Crippen molar-refractivity contribution in [3.05, 3.63) is 0 Å². The highest BCUT2D eigenvalue weighted by molar-refractivity contribution is 5.90. The molecule has 0 radical (unpaired) electrons. The number of ether oxygens (including phenoxy) is 2. The summed E-state index contributed by atoms with van der Waals surface area (Å²) in [6.45, 7) is 3.65. The first-order valence-corrected chi connectivity index (χ1v) is 4.66. The standard InChI is InChI=1S/C9H13NO4/c1-9(2-3-13-6-9)10-4-7(11)14-8(12)5-10/h2-6H2,1H3. The molecule has 0 aromatic heterocycles. The molecule has 0 spiro atoms. The molecule has 78 valence electrons. The first-order valence-electron chi connectivity index (χ1n) is 4.66. The summed E-state index contributed by atoms with van der Waals surface area (Å²) in [5.41, 5.74) is -0.185. The molecule has 1 atom stereocenters. The van der Waals surface area contributed by atoms with E-state index in [1.165, 1.54) is 0 Å². The molecule has 0 saturated carbocycles. The monoisotopic (exact) mass is 199 g/mol. The molecule has 2 aliphatic rings. The first-order chi connectivity index (χ1) is 6.60. The normalized spacial score (nSPS) is 34.6. The van der Waals surface area contributed by atoms with Crippen molar-refractivity contribution in [2.45, 2.75) is 18.9 Å². The molecule has 1 unspecified atom stereocenters. The lowest BCUT2D eigenvalue weighted by molar-refractivity contribution is -0.170. The maximum atomic E-state index is 11.1. The van der Waals surface area contributed by atoms with Gasteiger partial charge in [-0.15, -0.1) is 0 Å². The van der Waals surface area contributed by atoms with Gasteiger partial charge in [-0.05, 0) is 13.3 Å². The van der Waals surface area contributed by atoms with Crippen LogP contribution in [0, 0.1) is 0 Å². The van der Waals surface area contributed by atoms with Gasteiger partial charge in [-0.1, -0.05) is 0 Å². The van der Waals surface area contributed by atoms with E-state index >= 15 is 0 Å². The minimum absolute atomic E-state index is 0.185. The summed E-state index contributed by atoms with van der Waals surface area (Å²) in [4.78, 5) is 24.0. The molecule has 2 rings (SSSR count). The van der Waals surface area contributed by atoms with E-state index in [-0.39, 0.29) is 18.6 Å². The van der Waals surface area contributed by atoms with Gasteiger partial charge in [0.1, 0.15) is 0 Å². The van der Waals surface area contributed by atoms with Gasteiger partial charge in [0.25, 0.3) is 0 Å². The van der Waals surface area contributed by atoms with E-state index in [1.807, 2.05) is 11.8 Å². The molecule has 2 fully saturated rings. The summed E-state index contributed by atoms with van der Waals surface area (Å²) >= 11 is 0. The average Bonchev–Trinajstić information content (AvgIpc) is 2.52. The number of cyclic esters (lactones) is 2. The highest BCUT2D eigenvalue weighted by Crippen LogP contribution is 2.26. The predicted octanol–water partition coefficient (Wildman–Crippen LogP) is -0.449. The summed E-state index contributed by atoms with van der Waals surface area (Å²) in [5, 5.41) is 0. The third-order valence-corrected chi connectivity index (χ3v) is 2.83. The maximum Gasteiger partial charge on any atom is 0.327 e. The van der Waals surface area contributed by atoms with Crippen LogP contribution in [0.15, 0.2) is 0 Å². The molecule has 0 amide bonds. The van der Waals surface area contributed by atoms with Crippen LogP contribution in [-0.2, 0) is 19.1 Å². The number of hydrogen-bond acceptors (Lipinski definition) is 5. The van der Waals surface area contributed by atoms with Crippen molar-refractivity contribution in [1.29, 1.82) is 0 Å². The smallest absolute Gasteiger partial charge is 0.327 e. The molecule has 2 heterocycles. The fourth-order valence-corrected chi connectivity index (χ4v) is 1.85. The number of hydrogen-bond donors (Lipinski definition) is 0. The molecule has 5 heteroatoms. The van der Waals surface area contributed by atoms with E-state index in [1.54, 1.807) is 0 Å². The predicted molar refractivity (Wildman–Crippen MR) is 46.5 cm³/mol. The zero-order valence-corrected chi connectivity index (χ0v) is 8.12. The summed E-state index contributed by atoms with van der Waals surface area (Å²) in [7, 11) is 0. The summed E-state index contributed by atoms with van der Waals surface area (Å²) in [5.74, 6) is -0.927. The third-order valence-electron chi connectivity index (χ3n) is 2.83. The largest absolute Gasteiger partial charge is 0.391 e. The van der Waals surface area contributed by atoms with Crippen LogP contribution in [0.2, 0.25) is 0 Å². The SMILES string of the molecule is CC1(N2CC(=O)OC(=O)C2)CCOC1. The van der Waals surface area contributed by atoms with Crippen molar-refractivity contribution in [3.63, 3.8) is 0 Å². The Morgan fingerprint density at radius 3 is 2.43 bits per heavy atom. The molecule has 0 aromatic carbocycles. The van der Waals surface area contributed by atoms with Gasteiger partial charge in [0.05, 0.1) is 19.7 Å². The Kier molecular flexibility index (Phi) is 2.28. The van der Waals surface area contributed by atoms with E-state index in [9.17, 15) is 9.59 Å². The fourth-order valence-electron chi connectivity index (χ4n) is 1.85. The summed E-state index contributed by atoms with van der Waals surface area (Å²) in [6.07, 6.45) is 0.855. The molecule has 2 aliphatic heterocycles. The number of nitrogens with zero attached hydrogens (tertiary/aromatic N) is 1. The Balaban J connectivity index is 2.09. The minimum atomic E-state index is -0.464. The summed E-state index contributed by atoms with van der Waals surface area (Å²) < 4.78 is 9.74. The fraction of sp³-hybridized carbons (Fsp3) is 0.778. The minimum Gasteiger partial charge on any atom is -0.391 e. The van der Waals surface area contributed by atoms with Gasteiger partial charge in [0.15, 0.2) is 0 Å². The van der Waals surface area contributed by atoms with Crippen molar-refractivity contribution in [2.24, 2.45) is 0 Å². The molecule has 0 N–H and O–H groups in total. The van der Waals surface area contributed by atoms with Crippen molar-refractivity contribution in [1.82, 2.24) is 4.90 Å². The van der Waals surface area contributed by atoms with Gasteiger partial charge in [-0.25, -0.2) is 0 Å². The Bertz CT molecular complexity index is 254. The molecular weight excluding hydrogens is 186 g/mol. The molecule has 0 bridgehead atoms. The maximum absolute atomic E-state index is 11.1. The Labute approximate surface area is 82.0 Å². The number of rotatable bonds is 1. The summed E-state index contributed by atoms with van der Waals surface area (Å²) in [6, 6.07) is 0. The quantitative estimate of drug-likeness (QED) is 0.423. The van der Waals surface area contributed by atoms with Gasteiger partial charge in [0, 0.05) is 12.1 Å². The molecule has 0 aromatic rings. The van der Waals surface area contributed by atoms with Crippen LogP contribution < -0.4 is 0 Å². The van der Waals surface area contributed by atoms with E-state index in [2.05, 4.69) is 4.74 Å². The van der Waals surface area contributed by atoms with Crippen LogP contribution in [0.25, 0.3) is 0 Å². The third kappa shape index (κ3) is 1.65. The van der Waals surface area contributed by atoms with Crippen LogP contribution in [0.4, 0.5) is 0 Å². The lowest BCUT2D eigenvalue weighted by atomic mass is 9.98. The highest BCUT2D eigenvalue weighted by Gasteiger charge is 2.40. The molecule has 14 heavy (non-hydrogen) atoms. The molecule has 0 aliphatic carbocycles. The second kappa shape index (κ2) is 3.33. The Morgan fingerprint density at radius 2 is 1.93 bits per heavy atom. The van der Waals surface area contributed by atoms with Gasteiger partial charge in [-0.3, -0.25) is 14.5 Å². The van der Waals surface area contributed by atoms with Crippen molar-refractivity contribution in [2.75, 3.05) is 26.3 Å². The van der Waals surface area contributed by atoms with Crippen LogP contribution in [-0.4, -0.2) is 48.7 Å². The average molecular weight is 199 g/mol. The van der Waals surface area contributed by atoms with Crippen molar-refractivity contribution >= 4 is 11.9 Å². The first kappa shape index (κ1) is 9.61. The van der Waals surface area contributed by atoms with E-state index in [0.717, 1.165) is 6.42 Å². The number of esters is 2. The van der Waals surface area contributed by atoms with E-state index in [0.29, 0.717) is 13.2 Å². The van der Waals surface area contributed by atoms with Crippen molar-refractivity contribution < 1.29 is 19.1 Å². The van der Waals surface area contributed by atoms with Crippen molar-refractivity contribution in [3.8, 4) is 0 Å². The van der Waals surface area contributed by atoms with E-state index in [4.69, 9.17) is 4.74 Å².